The Morgan fingerprint density at radius 2 is 2.00 bits per heavy atom. The molecule has 0 saturated heterocycles. The molecule has 0 fully saturated rings. The molecule has 0 heterocycles. The minimum Gasteiger partial charge on any atom is -0.396 e. The number of halogens is 2. The molecule has 0 spiro atoms. The number of hydrogen-bond donors (Lipinski definition) is 1. The molecule has 62 valence electrons. The normalized spacial score (nSPS) is 15.3. The van der Waals surface area contributed by atoms with Crippen molar-refractivity contribution in [2.24, 2.45) is 5.92 Å². The smallest absolute Gasteiger partial charge is 0.245 e. The van der Waals surface area contributed by atoms with Gasteiger partial charge in [0.1, 0.15) is 0 Å². The molecule has 0 aromatic carbocycles. The Balaban J connectivity index is 3.36. The van der Waals surface area contributed by atoms with E-state index < -0.39 is 5.92 Å². The third-order valence-corrected chi connectivity index (χ3v) is 1.39. The summed E-state index contributed by atoms with van der Waals surface area (Å²) in [6, 6.07) is 0. The molecule has 0 amide bonds. The second kappa shape index (κ2) is 3.86. The summed E-state index contributed by atoms with van der Waals surface area (Å²) in [4.78, 5) is 0. The van der Waals surface area contributed by atoms with Crippen LogP contribution in [0.4, 0.5) is 8.78 Å². The summed E-state index contributed by atoms with van der Waals surface area (Å²) < 4.78 is 24.3. The lowest BCUT2D eigenvalue weighted by atomic mass is 10.0. The zero-order chi connectivity index (χ0) is 8.20. The van der Waals surface area contributed by atoms with E-state index >= 15 is 0 Å². The lowest BCUT2D eigenvalue weighted by molar-refractivity contribution is 0.00512. The molecule has 1 N–H and O–H groups in total. The van der Waals surface area contributed by atoms with Crippen LogP contribution < -0.4 is 0 Å². The van der Waals surface area contributed by atoms with Gasteiger partial charge in [0, 0.05) is 13.0 Å². The van der Waals surface area contributed by atoms with Gasteiger partial charge in [-0.2, -0.15) is 0 Å². The van der Waals surface area contributed by atoms with Gasteiger partial charge in [-0.15, -0.1) is 0 Å². The van der Waals surface area contributed by atoms with Crippen molar-refractivity contribution >= 4 is 0 Å². The molecule has 0 aromatic rings. The Morgan fingerprint density at radius 1 is 1.50 bits per heavy atom. The fourth-order valence-corrected chi connectivity index (χ4v) is 0.591. The maximum absolute atomic E-state index is 12.1. The largest absolute Gasteiger partial charge is 0.396 e. The van der Waals surface area contributed by atoms with Crippen LogP contribution in [-0.4, -0.2) is 17.6 Å². The zero-order valence-electron chi connectivity index (χ0n) is 6.40. The average molecular weight is 152 g/mol. The SMILES string of the molecule is C[C@@H](CO)CCC(C)(F)F. The Kier molecular flexibility index (Phi) is 3.79. The second-order valence-electron chi connectivity index (χ2n) is 2.90. The van der Waals surface area contributed by atoms with Gasteiger partial charge in [-0.05, 0) is 19.3 Å². The molecule has 0 radical (unpaired) electrons. The van der Waals surface area contributed by atoms with E-state index in [2.05, 4.69) is 0 Å². The summed E-state index contributed by atoms with van der Waals surface area (Å²) >= 11 is 0. The van der Waals surface area contributed by atoms with Crippen LogP contribution in [0.25, 0.3) is 0 Å². The van der Waals surface area contributed by atoms with Gasteiger partial charge >= 0.3 is 0 Å². The molecule has 3 heteroatoms. The predicted octanol–water partition coefficient (Wildman–Crippen LogP) is 2.05. The molecule has 0 rings (SSSR count). The van der Waals surface area contributed by atoms with Gasteiger partial charge in [0.15, 0.2) is 0 Å². The first-order chi connectivity index (χ1) is 4.45. The van der Waals surface area contributed by atoms with Crippen LogP contribution >= 0.6 is 0 Å². The van der Waals surface area contributed by atoms with Crippen molar-refractivity contribution in [2.45, 2.75) is 32.6 Å². The Bertz CT molecular complexity index is 88.1. The van der Waals surface area contributed by atoms with Crippen LogP contribution in [0.15, 0.2) is 0 Å². The van der Waals surface area contributed by atoms with Crippen LogP contribution in [-0.2, 0) is 0 Å². The first-order valence-electron chi connectivity index (χ1n) is 3.44. The maximum atomic E-state index is 12.1. The first-order valence-corrected chi connectivity index (χ1v) is 3.44. The third-order valence-electron chi connectivity index (χ3n) is 1.39. The number of rotatable bonds is 4. The van der Waals surface area contributed by atoms with Crippen LogP contribution in [0.1, 0.15) is 26.7 Å². The lowest BCUT2D eigenvalue weighted by Gasteiger charge is -2.12. The highest BCUT2D eigenvalue weighted by molar-refractivity contribution is 4.60. The summed E-state index contributed by atoms with van der Waals surface area (Å²) in [7, 11) is 0. The van der Waals surface area contributed by atoms with Crippen molar-refractivity contribution in [3.63, 3.8) is 0 Å². The van der Waals surface area contributed by atoms with E-state index in [0.29, 0.717) is 6.42 Å². The molecule has 1 nitrogen and oxygen atoms in total. The molecule has 0 bridgehead atoms. The van der Waals surface area contributed by atoms with E-state index in [9.17, 15) is 8.78 Å². The van der Waals surface area contributed by atoms with Crippen molar-refractivity contribution in [3.8, 4) is 0 Å². The minimum absolute atomic E-state index is 0.00389. The van der Waals surface area contributed by atoms with Gasteiger partial charge in [-0.25, -0.2) is 8.78 Å². The number of alkyl halides is 2. The monoisotopic (exact) mass is 152 g/mol. The van der Waals surface area contributed by atoms with Gasteiger partial charge in [0.05, 0.1) is 0 Å². The van der Waals surface area contributed by atoms with E-state index in [1.807, 2.05) is 0 Å². The Morgan fingerprint density at radius 3 is 2.30 bits per heavy atom. The van der Waals surface area contributed by atoms with E-state index in [4.69, 9.17) is 5.11 Å². The highest BCUT2D eigenvalue weighted by atomic mass is 19.3. The van der Waals surface area contributed by atoms with Gasteiger partial charge in [-0.3, -0.25) is 0 Å². The van der Waals surface area contributed by atoms with E-state index in [0.717, 1.165) is 6.92 Å². The number of aliphatic hydroxyl groups excluding tert-OH is 1. The van der Waals surface area contributed by atoms with Crippen molar-refractivity contribution in [3.05, 3.63) is 0 Å². The van der Waals surface area contributed by atoms with Crippen molar-refractivity contribution in [2.75, 3.05) is 6.61 Å². The summed E-state index contributed by atoms with van der Waals surface area (Å²) in [5.41, 5.74) is 0. The highest BCUT2D eigenvalue weighted by Gasteiger charge is 2.21. The highest BCUT2D eigenvalue weighted by Crippen LogP contribution is 2.21. The summed E-state index contributed by atoms with van der Waals surface area (Å²) in [5.74, 6) is -2.59. The minimum atomic E-state index is -2.58. The number of aliphatic hydroxyl groups is 1. The van der Waals surface area contributed by atoms with Gasteiger partial charge in [-0.1, -0.05) is 6.92 Å². The molecule has 0 aliphatic rings. The molecular formula is C7H14F2O. The van der Waals surface area contributed by atoms with Crippen molar-refractivity contribution < 1.29 is 13.9 Å². The fourth-order valence-electron chi connectivity index (χ4n) is 0.591. The molecule has 0 unspecified atom stereocenters. The van der Waals surface area contributed by atoms with Crippen molar-refractivity contribution in [1.82, 2.24) is 0 Å². The standard InChI is InChI=1S/C7H14F2O/c1-6(5-10)3-4-7(2,8)9/h6,10H,3-5H2,1-2H3/t6-/m1/s1. The van der Waals surface area contributed by atoms with E-state index in [1.165, 1.54) is 0 Å². The van der Waals surface area contributed by atoms with Crippen LogP contribution in [0.3, 0.4) is 0 Å². The average Bonchev–Trinajstić information content (AvgIpc) is 1.81. The molecular weight excluding hydrogens is 138 g/mol. The lowest BCUT2D eigenvalue weighted by Crippen LogP contribution is -2.12. The van der Waals surface area contributed by atoms with Crippen LogP contribution in [0.2, 0.25) is 0 Å². The van der Waals surface area contributed by atoms with Crippen LogP contribution in [0.5, 0.6) is 0 Å². The molecule has 1 atom stereocenters. The summed E-state index contributed by atoms with van der Waals surface area (Å²) in [5, 5.41) is 8.49. The summed E-state index contributed by atoms with van der Waals surface area (Å²) in [6.45, 7) is 2.65. The van der Waals surface area contributed by atoms with E-state index in [-0.39, 0.29) is 18.9 Å². The van der Waals surface area contributed by atoms with Crippen molar-refractivity contribution in [1.29, 1.82) is 0 Å². The second-order valence-corrected chi connectivity index (χ2v) is 2.90. The number of hydrogen-bond acceptors (Lipinski definition) is 1. The Labute approximate surface area is 60.1 Å². The topological polar surface area (TPSA) is 20.2 Å². The third kappa shape index (κ3) is 5.95. The zero-order valence-corrected chi connectivity index (χ0v) is 6.40. The quantitative estimate of drug-likeness (QED) is 0.653. The molecule has 10 heavy (non-hydrogen) atoms. The summed E-state index contributed by atoms with van der Waals surface area (Å²) in [6.07, 6.45) is 0.259. The Hall–Kier alpha value is -0.180. The molecule has 0 aliphatic carbocycles. The molecule has 0 aliphatic heterocycles. The van der Waals surface area contributed by atoms with Gasteiger partial charge < -0.3 is 5.11 Å². The molecule has 0 saturated carbocycles. The fraction of sp³-hybridized carbons (Fsp3) is 1.00. The molecule has 0 aromatic heterocycles. The van der Waals surface area contributed by atoms with Gasteiger partial charge in [0.25, 0.3) is 0 Å². The predicted molar refractivity (Wildman–Crippen MR) is 36.1 cm³/mol. The maximum Gasteiger partial charge on any atom is 0.245 e. The van der Waals surface area contributed by atoms with Crippen LogP contribution in [0, 0.1) is 5.92 Å². The van der Waals surface area contributed by atoms with E-state index in [1.54, 1.807) is 6.92 Å². The van der Waals surface area contributed by atoms with Gasteiger partial charge in [0.2, 0.25) is 5.92 Å². The first kappa shape index (κ1) is 9.82.